The minimum Gasteiger partial charge on any atom is -0.448 e. The average molecular weight is 349 g/mol. The third-order valence-electron chi connectivity index (χ3n) is 4.51. The summed E-state index contributed by atoms with van der Waals surface area (Å²) in [6.45, 7) is 0.506. The van der Waals surface area contributed by atoms with Crippen LogP contribution in [-0.2, 0) is 22.4 Å². The maximum absolute atomic E-state index is 12.3. The normalized spacial score (nSPS) is 16.2. The second-order valence-corrected chi connectivity index (χ2v) is 6.35. The first-order chi connectivity index (χ1) is 12.7. The number of carbonyl (C=O) groups is 2. The number of imidazole rings is 1. The van der Waals surface area contributed by atoms with Gasteiger partial charge in [-0.25, -0.2) is 9.78 Å². The largest absolute Gasteiger partial charge is 0.448 e. The Balaban J connectivity index is 1.28. The second-order valence-electron chi connectivity index (χ2n) is 6.35. The highest BCUT2D eigenvalue weighted by Gasteiger charge is 2.30. The van der Waals surface area contributed by atoms with Gasteiger partial charge in [-0.15, -0.1) is 0 Å². The quantitative estimate of drug-likeness (QED) is 0.547. The van der Waals surface area contributed by atoms with Crippen LogP contribution in [-0.4, -0.2) is 34.5 Å². The topological polar surface area (TPSA) is 84.1 Å². The standard InChI is InChI=1S/C20H19N3O3/c24-19(17-12-13-6-1-2-7-14(13)20(25)26-17)21-11-5-10-18-22-15-8-3-4-9-16(15)23-18/h1-4,6-9,17H,5,10-12H2,(H,21,24)(H,22,23)/t17-/m1/s1. The summed E-state index contributed by atoms with van der Waals surface area (Å²) in [4.78, 5) is 32.1. The van der Waals surface area contributed by atoms with Crippen molar-refractivity contribution in [2.45, 2.75) is 25.4 Å². The molecule has 6 heteroatoms. The van der Waals surface area contributed by atoms with Crippen LogP contribution < -0.4 is 5.32 Å². The number of aromatic nitrogens is 2. The first kappa shape index (κ1) is 16.3. The summed E-state index contributed by atoms with van der Waals surface area (Å²) >= 11 is 0. The van der Waals surface area contributed by atoms with Gasteiger partial charge in [0, 0.05) is 19.4 Å². The Kier molecular flexibility index (Phi) is 4.39. The second kappa shape index (κ2) is 7.00. The van der Waals surface area contributed by atoms with Crippen LogP contribution in [0.1, 0.15) is 28.2 Å². The van der Waals surface area contributed by atoms with E-state index in [-0.39, 0.29) is 5.91 Å². The highest BCUT2D eigenvalue weighted by molar-refractivity contribution is 5.95. The first-order valence-electron chi connectivity index (χ1n) is 8.71. The van der Waals surface area contributed by atoms with Crippen molar-refractivity contribution in [2.24, 2.45) is 0 Å². The first-order valence-corrected chi connectivity index (χ1v) is 8.71. The average Bonchev–Trinajstić information content (AvgIpc) is 3.08. The molecule has 1 amide bonds. The van der Waals surface area contributed by atoms with Crippen molar-refractivity contribution >= 4 is 22.9 Å². The van der Waals surface area contributed by atoms with E-state index in [9.17, 15) is 9.59 Å². The number of aryl methyl sites for hydroxylation is 1. The molecule has 1 aliphatic heterocycles. The van der Waals surface area contributed by atoms with Crippen LogP contribution in [0.15, 0.2) is 48.5 Å². The molecule has 0 saturated carbocycles. The fraction of sp³-hybridized carbons (Fsp3) is 0.250. The lowest BCUT2D eigenvalue weighted by molar-refractivity contribution is -0.130. The highest BCUT2D eigenvalue weighted by Crippen LogP contribution is 2.20. The maximum atomic E-state index is 12.3. The van der Waals surface area contributed by atoms with Crippen molar-refractivity contribution in [1.29, 1.82) is 0 Å². The molecule has 4 rings (SSSR count). The van der Waals surface area contributed by atoms with Gasteiger partial charge >= 0.3 is 5.97 Å². The Bertz CT molecular complexity index is 931. The van der Waals surface area contributed by atoms with E-state index in [1.807, 2.05) is 36.4 Å². The molecule has 0 unspecified atom stereocenters. The number of nitrogens with zero attached hydrogens (tertiary/aromatic N) is 1. The van der Waals surface area contributed by atoms with E-state index < -0.39 is 12.1 Å². The summed E-state index contributed by atoms with van der Waals surface area (Å²) in [7, 11) is 0. The van der Waals surface area contributed by atoms with Crippen LogP contribution in [0.3, 0.4) is 0 Å². The number of amides is 1. The van der Waals surface area contributed by atoms with Crippen molar-refractivity contribution in [3.63, 3.8) is 0 Å². The molecule has 0 aliphatic carbocycles. The number of nitrogens with one attached hydrogen (secondary N) is 2. The Morgan fingerprint density at radius 3 is 2.88 bits per heavy atom. The van der Waals surface area contributed by atoms with Gasteiger partial charge in [-0.05, 0) is 30.2 Å². The zero-order valence-electron chi connectivity index (χ0n) is 14.2. The van der Waals surface area contributed by atoms with Crippen LogP contribution >= 0.6 is 0 Å². The number of ether oxygens (including phenoxy) is 1. The fourth-order valence-corrected chi connectivity index (χ4v) is 3.18. The molecule has 1 aromatic heterocycles. The van der Waals surface area contributed by atoms with E-state index in [0.29, 0.717) is 18.5 Å². The van der Waals surface area contributed by atoms with Gasteiger partial charge < -0.3 is 15.0 Å². The van der Waals surface area contributed by atoms with E-state index in [1.165, 1.54) is 0 Å². The molecule has 0 radical (unpaired) electrons. The number of rotatable bonds is 5. The lowest BCUT2D eigenvalue weighted by Gasteiger charge is -2.23. The zero-order chi connectivity index (χ0) is 17.9. The molecule has 1 aliphatic rings. The number of benzene rings is 2. The number of aromatic amines is 1. The number of hydrogen-bond acceptors (Lipinski definition) is 4. The minimum absolute atomic E-state index is 0.252. The number of cyclic esters (lactones) is 1. The molecule has 132 valence electrons. The third kappa shape index (κ3) is 3.31. The molecule has 0 spiro atoms. The molecule has 0 fully saturated rings. The van der Waals surface area contributed by atoms with Crippen molar-refractivity contribution in [3.05, 3.63) is 65.5 Å². The van der Waals surface area contributed by atoms with Gasteiger partial charge in [-0.2, -0.15) is 0 Å². The summed E-state index contributed by atoms with van der Waals surface area (Å²) < 4.78 is 5.26. The molecular formula is C20H19N3O3. The van der Waals surface area contributed by atoms with Crippen LogP contribution in [0, 0.1) is 0 Å². The summed E-state index contributed by atoms with van der Waals surface area (Å²) in [5.41, 5.74) is 3.35. The number of carbonyl (C=O) groups excluding carboxylic acids is 2. The Hall–Kier alpha value is -3.15. The molecule has 2 N–H and O–H groups in total. The molecule has 1 atom stereocenters. The molecule has 6 nitrogen and oxygen atoms in total. The summed E-state index contributed by atoms with van der Waals surface area (Å²) in [6.07, 6.45) is 1.14. The molecule has 2 heterocycles. The van der Waals surface area contributed by atoms with Crippen LogP contribution in [0.5, 0.6) is 0 Å². The van der Waals surface area contributed by atoms with Gasteiger partial charge in [-0.1, -0.05) is 30.3 Å². The van der Waals surface area contributed by atoms with Crippen molar-refractivity contribution < 1.29 is 14.3 Å². The minimum atomic E-state index is -0.761. The number of fused-ring (bicyclic) bond motifs is 2. The van der Waals surface area contributed by atoms with E-state index in [1.54, 1.807) is 12.1 Å². The van der Waals surface area contributed by atoms with E-state index in [2.05, 4.69) is 15.3 Å². The van der Waals surface area contributed by atoms with Gasteiger partial charge in [0.1, 0.15) is 5.82 Å². The monoisotopic (exact) mass is 349 g/mol. The Morgan fingerprint density at radius 2 is 2.00 bits per heavy atom. The van der Waals surface area contributed by atoms with E-state index >= 15 is 0 Å². The van der Waals surface area contributed by atoms with Gasteiger partial charge in [0.05, 0.1) is 16.6 Å². The van der Waals surface area contributed by atoms with Gasteiger partial charge in [0.25, 0.3) is 5.91 Å². The molecule has 0 saturated heterocycles. The third-order valence-corrected chi connectivity index (χ3v) is 4.51. The molecule has 2 aromatic carbocycles. The number of H-pyrrole nitrogens is 1. The van der Waals surface area contributed by atoms with Crippen molar-refractivity contribution in [1.82, 2.24) is 15.3 Å². The maximum Gasteiger partial charge on any atom is 0.339 e. The van der Waals surface area contributed by atoms with Crippen LogP contribution in [0.4, 0.5) is 0 Å². The number of esters is 1. The van der Waals surface area contributed by atoms with Crippen LogP contribution in [0.2, 0.25) is 0 Å². The van der Waals surface area contributed by atoms with Crippen molar-refractivity contribution in [2.75, 3.05) is 6.54 Å². The van der Waals surface area contributed by atoms with E-state index in [0.717, 1.165) is 35.3 Å². The van der Waals surface area contributed by atoms with Gasteiger partial charge in [-0.3, -0.25) is 4.79 Å². The smallest absolute Gasteiger partial charge is 0.339 e. The van der Waals surface area contributed by atoms with Crippen molar-refractivity contribution in [3.8, 4) is 0 Å². The molecule has 0 bridgehead atoms. The number of hydrogen-bond donors (Lipinski definition) is 2. The molecule has 26 heavy (non-hydrogen) atoms. The summed E-state index contributed by atoms with van der Waals surface area (Å²) in [5.74, 6) is 0.213. The lowest BCUT2D eigenvalue weighted by Crippen LogP contribution is -2.42. The molecular weight excluding hydrogens is 330 g/mol. The zero-order valence-corrected chi connectivity index (χ0v) is 14.2. The van der Waals surface area contributed by atoms with Gasteiger partial charge in [0.15, 0.2) is 6.10 Å². The predicted octanol–water partition coefficient (Wildman–Crippen LogP) is 2.39. The van der Waals surface area contributed by atoms with Gasteiger partial charge in [0.2, 0.25) is 0 Å². The predicted molar refractivity (Wildman–Crippen MR) is 96.8 cm³/mol. The SMILES string of the molecule is O=C1O[C@@H](C(=O)NCCCc2nc3ccccc3[nH]2)Cc2ccccc21. The Labute approximate surface area is 150 Å². The Morgan fingerprint density at radius 1 is 1.19 bits per heavy atom. The summed E-state index contributed by atoms with van der Waals surface area (Å²) in [5, 5.41) is 2.85. The summed E-state index contributed by atoms with van der Waals surface area (Å²) in [6, 6.07) is 15.1. The fourth-order valence-electron chi connectivity index (χ4n) is 3.18. The van der Waals surface area contributed by atoms with E-state index in [4.69, 9.17) is 4.74 Å². The number of para-hydroxylation sites is 2. The highest BCUT2D eigenvalue weighted by atomic mass is 16.5. The molecule has 3 aromatic rings. The lowest BCUT2D eigenvalue weighted by atomic mass is 9.98. The van der Waals surface area contributed by atoms with Crippen LogP contribution in [0.25, 0.3) is 11.0 Å².